The number of halogens is 1. The van der Waals surface area contributed by atoms with Crippen LogP contribution in [0.25, 0.3) is 0 Å². The molecule has 1 N–H and O–H groups in total. The Morgan fingerprint density at radius 1 is 1.06 bits per heavy atom. The normalized spacial score (nSPS) is 10.6. The second-order valence-electron chi connectivity index (χ2n) is 7.77. The van der Waals surface area contributed by atoms with E-state index in [4.69, 9.17) is 21.1 Å². The van der Waals surface area contributed by atoms with Crippen LogP contribution < -0.4 is 14.8 Å². The summed E-state index contributed by atoms with van der Waals surface area (Å²) < 4.78 is 13.0. The molecule has 0 atom stereocenters. The van der Waals surface area contributed by atoms with E-state index in [-0.39, 0.29) is 29.5 Å². The van der Waals surface area contributed by atoms with Gasteiger partial charge in [0.25, 0.3) is 11.6 Å². The van der Waals surface area contributed by atoms with Gasteiger partial charge in [0.1, 0.15) is 17.2 Å². The van der Waals surface area contributed by atoms with Gasteiger partial charge in [-0.05, 0) is 55.8 Å². The number of non-ortho nitro benzene ring substituents is 1. The molecular formula is C25H21ClN4O5. The molecule has 178 valence electrons. The predicted octanol–water partition coefficient (Wildman–Crippen LogP) is 6.14. The van der Waals surface area contributed by atoms with Crippen molar-refractivity contribution >= 4 is 28.9 Å². The van der Waals surface area contributed by atoms with Crippen molar-refractivity contribution in [3.8, 4) is 17.2 Å². The summed E-state index contributed by atoms with van der Waals surface area (Å²) in [6.07, 6.45) is 1.61. The van der Waals surface area contributed by atoms with Crippen LogP contribution in [0.5, 0.6) is 17.2 Å². The molecule has 0 saturated heterocycles. The van der Waals surface area contributed by atoms with Gasteiger partial charge in [0.05, 0.1) is 16.7 Å². The fourth-order valence-corrected chi connectivity index (χ4v) is 3.43. The molecule has 4 rings (SSSR count). The van der Waals surface area contributed by atoms with Crippen molar-refractivity contribution in [2.24, 2.45) is 0 Å². The molecule has 9 nitrogen and oxygen atoms in total. The van der Waals surface area contributed by atoms with E-state index in [1.54, 1.807) is 30.5 Å². The number of nitrogens with one attached hydrogen (secondary N) is 1. The maximum Gasteiger partial charge on any atom is 0.276 e. The van der Waals surface area contributed by atoms with Crippen LogP contribution in [0, 0.1) is 24.0 Å². The average Bonchev–Trinajstić information content (AvgIpc) is 3.29. The third-order valence-corrected chi connectivity index (χ3v) is 5.22. The average molecular weight is 493 g/mol. The number of amides is 1. The van der Waals surface area contributed by atoms with Gasteiger partial charge in [0, 0.05) is 23.4 Å². The highest BCUT2D eigenvalue weighted by molar-refractivity contribution is 6.30. The Hall–Kier alpha value is -4.37. The largest absolute Gasteiger partial charge is 0.471 e. The summed E-state index contributed by atoms with van der Waals surface area (Å²) in [6, 6.07) is 17.9. The van der Waals surface area contributed by atoms with Crippen molar-refractivity contribution in [2.45, 2.75) is 20.6 Å². The number of ether oxygens (including phenoxy) is 2. The molecule has 10 heteroatoms. The molecule has 0 unspecified atom stereocenters. The lowest BCUT2D eigenvalue weighted by Crippen LogP contribution is -2.14. The Labute approximate surface area is 206 Å². The summed E-state index contributed by atoms with van der Waals surface area (Å²) in [5.41, 5.74) is 2.21. The second kappa shape index (κ2) is 10.3. The lowest BCUT2D eigenvalue weighted by molar-refractivity contribution is -0.384. The SMILES string of the molecule is Cc1ccc(OCn2ccc(C(=O)Nc3cc(Oc4ccc(Cl)cc4)cc([N+](=O)[O-])c3)n2)c(C)c1. The van der Waals surface area contributed by atoms with Gasteiger partial charge in [0.2, 0.25) is 0 Å². The highest BCUT2D eigenvalue weighted by Gasteiger charge is 2.16. The number of carbonyl (C=O) groups excluding carboxylic acids is 1. The fourth-order valence-electron chi connectivity index (χ4n) is 3.31. The molecule has 0 bridgehead atoms. The number of rotatable bonds is 8. The number of hydrogen-bond donors (Lipinski definition) is 1. The number of hydrogen-bond acceptors (Lipinski definition) is 6. The smallest absolute Gasteiger partial charge is 0.276 e. The summed E-state index contributed by atoms with van der Waals surface area (Å²) in [7, 11) is 0. The van der Waals surface area contributed by atoms with Crippen LogP contribution in [-0.2, 0) is 6.73 Å². The number of nitrogens with zero attached hydrogens (tertiary/aromatic N) is 3. The topological polar surface area (TPSA) is 109 Å². The van der Waals surface area contributed by atoms with Crippen LogP contribution in [0.2, 0.25) is 5.02 Å². The van der Waals surface area contributed by atoms with Gasteiger partial charge in [-0.25, -0.2) is 4.68 Å². The van der Waals surface area contributed by atoms with Gasteiger partial charge in [-0.2, -0.15) is 5.10 Å². The number of nitro benzene ring substituents is 1. The lowest BCUT2D eigenvalue weighted by atomic mass is 10.1. The van der Waals surface area contributed by atoms with Crippen molar-refractivity contribution in [1.82, 2.24) is 9.78 Å². The van der Waals surface area contributed by atoms with E-state index in [1.807, 2.05) is 32.0 Å². The van der Waals surface area contributed by atoms with Crippen LogP contribution in [0.4, 0.5) is 11.4 Å². The maximum atomic E-state index is 12.7. The molecular weight excluding hydrogens is 472 g/mol. The van der Waals surface area contributed by atoms with Gasteiger partial charge >= 0.3 is 0 Å². The highest BCUT2D eigenvalue weighted by Crippen LogP contribution is 2.30. The molecule has 0 spiro atoms. The number of aryl methyl sites for hydroxylation is 2. The molecule has 1 aromatic heterocycles. The minimum Gasteiger partial charge on any atom is -0.471 e. The first-order valence-electron chi connectivity index (χ1n) is 10.5. The van der Waals surface area contributed by atoms with E-state index in [0.717, 1.165) is 16.9 Å². The van der Waals surface area contributed by atoms with Gasteiger partial charge in [-0.1, -0.05) is 29.3 Å². The molecule has 0 aliphatic rings. The molecule has 0 aliphatic carbocycles. The zero-order chi connectivity index (χ0) is 24.9. The van der Waals surface area contributed by atoms with E-state index in [9.17, 15) is 14.9 Å². The molecule has 0 aliphatic heterocycles. The number of nitro groups is 1. The summed E-state index contributed by atoms with van der Waals surface area (Å²) in [4.78, 5) is 23.5. The Kier molecular flexibility index (Phi) is 6.98. The van der Waals surface area contributed by atoms with Crippen molar-refractivity contribution in [1.29, 1.82) is 0 Å². The van der Waals surface area contributed by atoms with E-state index in [1.165, 1.54) is 28.9 Å². The molecule has 4 aromatic rings. The maximum absolute atomic E-state index is 12.7. The van der Waals surface area contributed by atoms with Gasteiger partial charge in [-0.3, -0.25) is 14.9 Å². The molecule has 3 aromatic carbocycles. The number of aromatic nitrogens is 2. The number of benzene rings is 3. The van der Waals surface area contributed by atoms with E-state index >= 15 is 0 Å². The van der Waals surface area contributed by atoms with Crippen molar-refractivity contribution in [2.75, 3.05) is 5.32 Å². The Balaban J connectivity index is 1.46. The quantitative estimate of drug-likeness (QED) is 0.233. The van der Waals surface area contributed by atoms with Crippen molar-refractivity contribution in [3.05, 3.63) is 105 Å². The Morgan fingerprint density at radius 3 is 2.54 bits per heavy atom. The summed E-state index contributed by atoms with van der Waals surface area (Å²) >= 11 is 5.88. The number of carbonyl (C=O) groups is 1. The first-order valence-corrected chi connectivity index (χ1v) is 10.9. The molecule has 1 amide bonds. The lowest BCUT2D eigenvalue weighted by Gasteiger charge is -2.10. The van der Waals surface area contributed by atoms with Crippen molar-refractivity contribution < 1.29 is 19.2 Å². The molecule has 0 fully saturated rings. The van der Waals surface area contributed by atoms with Crippen LogP contribution in [0.3, 0.4) is 0 Å². The third-order valence-electron chi connectivity index (χ3n) is 4.97. The van der Waals surface area contributed by atoms with Crippen LogP contribution in [-0.4, -0.2) is 20.6 Å². The zero-order valence-corrected chi connectivity index (χ0v) is 19.7. The minimum absolute atomic E-state index is 0.118. The van der Waals surface area contributed by atoms with E-state index in [2.05, 4.69) is 10.4 Å². The van der Waals surface area contributed by atoms with Gasteiger partial charge < -0.3 is 14.8 Å². The summed E-state index contributed by atoms with van der Waals surface area (Å²) in [6.45, 7) is 4.07. The van der Waals surface area contributed by atoms with Crippen molar-refractivity contribution in [3.63, 3.8) is 0 Å². The first kappa shape index (κ1) is 23.8. The second-order valence-corrected chi connectivity index (χ2v) is 8.20. The van der Waals surface area contributed by atoms with Crippen LogP contribution in [0.15, 0.2) is 72.9 Å². The monoisotopic (exact) mass is 492 g/mol. The Morgan fingerprint density at radius 2 is 1.83 bits per heavy atom. The molecule has 0 radical (unpaired) electrons. The first-order chi connectivity index (χ1) is 16.8. The molecule has 0 saturated carbocycles. The highest BCUT2D eigenvalue weighted by atomic mass is 35.5. The van der Waals surface area contributed by atoms with Gasteiger partial charge in [-0.15, -0.1) is 0 Å². The Bertz CT molecular complexity index is 1390. The minimum atomic E-state index is -0.566. The van der Waals surface area contributed by atoms with Crippen LogP contribution >= 0.6 is 11.6 Å². The van der Waals surface area contributed by atoms with E-state index in [0.29, 0.717) is 10.8 Å². The summed E-state index contributed by atoms with van der Waals surface area (Å²) in [5, 5.41) is 18.8. The zero-order valence-electron chi connectivity index (χ0n) is 18.9. The predicted molar refractivity (Wildman–Crippen MR) is 131 cm³/mol. The number of anilines is 1. The third kappa shape index (κ3) is 6.15. The van der Waals surface area contributed by atoms with Gasteiger partial charge in [0.15, 0.2) is 12.4 Å². The van der Waals surface area contributed by atoms with Crippen LogP contribution in [0.1, 0.15) is 21.6 Å². The standard InChI is InChI=1S/C25H21ClN4O5/c1-16-3-8-24(17(2)11-16)34-15-29-10-9-23(28-29)25(31)27-19-12-20(30(32)33)14-22(13-19)35-21-6-4-18(26)5-7-21/h3-14H,15H2,1-2H3,(H,27,31). The molecule has 35 heavy (non-hydrogen) atoms. The van der Waals surface area contributed by atoms with E-state index < -0.39 is 10.8 Å². The molecule has 1 heterocycles. The fraction of sp³-hybridized carbons (Fsp3) is 0.120. The summed E-state index contributed by atoms with van der Waals surface area (Å²) in [5.74, 6) is 0.814.